The van der Waals surface area contributed by atoms with Gasteiger partial charge >= 0.3 is 12.0 Å². The van der Waals surface area contributed by atoms with E-state index in [0.717, 1.165) is 17.0 Å². The lowest BCUT2D eigenvalue weighted by molar-refractivity contribution is 0.0600. The Morgan fingerprint density at radius 3 is 2.63 bits per heavy atom. The molecular weight excluding hydrogens is 384 g/mol. The molecule has 2 heterocycles. The Kier molecular flexibility index (Phi) is 5.38. The van der Waals surface area contributed by atoms with Crippen LogP contribution in [0.2, 0.25) is 0 Å². The molecule has 2 amide bonds. The number of ether oxygens (including phenoxy) is 2. The van der Waals surface area contributed by atoms with Gasteiger partial charge in [-0.05, 0) is 30.3 Å². The van der Waals surface area contributed by atoms with Crippen molar-refractivity contribution in [2.75, 3.05) is 26.1 Å². The first kappa shape index (κ1) is 19.5. The van der Waals surface area contributed by atoms with Crippen molar-refractivity contribution < 1.29 is 19.1 Å². The topological polar surface area (TPSA) is 96.6 Å². The molecule has 0 bridgehead atoms. The Hall–Kier alpha value is -3.81. The van der Waals surface area contributed by atoms with Crippen LogP contribution in [0.4, 0.5) is 10.5 Å². The van der Waals surface area contributed by atoms with Crippen molar-refractivity contribution >= 4 is 17.7 Å². The average molecular weight is 406 g/mol. The largest absolute Gasteiger partial charge is 0.496 e. The highest BCUT2D eigenvalue weighted by Gasteiger charge is 2.35. The minimum Gasteiger partial charge on any atom is -0.496 e. The third-order valence-electron chi connectivity index (χ3n) is 5.18. The number of amides is 2. The summed E-state index contributed by atoms with van der Waals surface area (Å²) in [5.41, 5.74) is 3.68. The minimum atomic E-state index is -0.425. The molecule has 0 saturated carbocycles. The molecule has 1 aromatic heterocycles. The van der Waals surface area contributed by atoms with E-state index >= 15 is 0 Å². The van der Waals surface area contributed by atoms with Crippen LogP contribution in [0.5, 0.6) is 5.75 Å². The first-order chi connectivity index (χ1) is 14.6. The number of H-pyrrole nitrogens is 1. The standard InChI is InChI=1S/C22H22N4O4/c1-29-18-6-4-3-5-16(18)20-19-17(23-13-24-19)11-12-26(20)22(28)25-15-9-7-14(8-10-15)21(27)30-2/h3-10,13,20H,11-12H2,1-2H3,(H,23,24)(H,25,28). The van der Waals surface area contributed by atoms with Gasteiger partial charge < -0.3 is 24.7 Å². The zero-order chi connectivity index (χ0) is 21.1. The molecule has 2 N–H and O–H groups in total. The van der Waals surface area contributed by atoms with Gasteiger partial charge in [0.15, 0.2) is 0 Å². The number of carbonyl (C=O) groups excluding carboxylic acids is 2. The summed E-state index contributed by atoms with van der Waals surface area (Å²) in [7, 11) is 2.94. The Bertz CT molecular complexity index is 1060. The van der Waals surface area contributed by atoms with Crippen LogP contribution in [-0.4, -0.2) is 47.6 Å². The van der Waals surface area contributed by atoms with Gasteiger partial charge in [0, 0.05) is 29.9 Å². The van der Waals surface area contributed by atoms with Crippen molar-refractivity contribution in [1.82, 2.24) is 14.9 Å². The number of methoxy groups -OCH3 is 2. The molecule has 1 atom stereocenters. The van der Waals surface area contributed by atoms with Gasteiger partial charge in [-0.3, -0.25) is 0 Å². The molecule has 3 aromatic rings. The normalized spacial score (nSPS) is 15.3. The summed E-state index contributed by atoms with van der Waals surface area (Å²) < 4.78 is 10.2. The number of carbonyl (C=O) groups is 2. The highest BCUT2D eigenvalue weighted by atomic mass is 16.5. The van der Waals surface area contributed by atoms with Crippen molar-refractivity contribution in [3.63, 3.8) is 0 Å². The Labute approximate surface area is 173 Å². The summed E-state index contributed by atoms with van der Waals surface area (Å²) in [6.07, 6.45) is 2.33. The van der Waals surface area contributed by atoms with Crippen LogP contribution < -0.4 is 10.1 Å². The van der Waals surface area contributed by atoms with E-state index < -0.39 is 5.97 Å². The van der Waals surface area contributed by atoms with Crippen molar-refractivity contribution in [2.24, 2.45) is 0 Å². The van der Waals surface area contributed by atoms with Crippen LogP contribution in [0, 0.1) is 0 Å². The fourth-order valence-electron chi connectivity index (χ4n) is 3.71. The molecule has 154 valence electrons. The molecule has 1 aliphatic rings. The fourth-order valence-corrected chi connectivity index (χ4v) is 3.71. The van der Waals surface area contributed by atoms with E-state index in [-0.39, 0.29) is 12.1 Å². The van der Waals surface area contributed by atoms with Crippen LogP contribution in [0.15, 0.2) is 54.9 Å². The van der Waals surface area contributed by atoms with Gasteiger partial charge in [-0.2, -0.15) is 0 Å². The van der Waals surface area contributed by atoms with Crippen LogP contribution in [0.3, 0.4) is 0 Å². The van der Waals surface area contributed by atoms with Crippen molar-refractivity contribution in [3.8, 4) is 5.75 Å². The highest BCUT2D eigenvalue weighted by Crippen LogP contribution is 2.38. The number of fused-ring (bicyclic) bond motifs is 1. The molecule has 0 radical (unpaired) electrons. The second-order valence-electron chi connectivity index (χ2n) is 6.85. The molecule has 1 aliphatic heterocycles. The number of urea groups is 1. The summed E-state index contributed by atoms with van der Waals surface area (Å²) in [5, 5.41) is 2.91. The molecule has 1 unspecified atom stereocenters. The minimum absolute atomic E-state index is 0.259. The van der Waals surface area contributed by atoms with E-state index in [9.17, 15) is 9.59 Å². The lowest BCUT2D eigenvalue weighted by atomic mass is 9.95. The van der Waals surface area contributed by atoms with E-state index in [1.807, 2.05) is 24.3 Å². The lowest BCUT2D eigenvalue weighted by Crippen LogP contribution is -2.43. The van der Waals surface area contributed by atoms with Crippen molar-refractivity contribution in [1.29, 1.82) is 0 Å². The van der Waals surface area contributed by atoms with Gasteiger partial charge in [-0.1, -0.05) is 18.2 Å². The van der Waals surface area contributed by atoms with E-state index in [1.165, 1.54) is 7.11 Å². The predicted molar refractivity (Wildman–Crippen MR) is 111 cm³/mol. The number of benzene rings is 2. The second kappa shape index (κ2) is 8.28. The number of rotatable bonds is 4. The van der Waals surface area contributed by atoms with Crippen LogP contribution in [-0.2, 0) is 11.2 Å². The smallest absolute Gasteiger partial charge is 0.337 e. The van der Waals surface area contributed by atoms with Gasteiger partial charge in [0.25, 0.3) is 0 Å². The molecule has 30 heavy (non-hydrogen) atoms. The summed E-state index contributed by atoms with van der Waals surface area (Å²) in [4.78, 5) is 34.2. The van der Waals surface area contributed by atoms with E-state index in [0.29, 0.717) is 30.0 Å². The number of esters is 1. The molecule has 8 heteroatoms. The molecule has 0 saturated heterocycles. The molecule has 8 nitrogen and oxygen atoms in total. The first-order valence-corrected chi connectivity index (χ1v) is 9.53. The average Bonchev–Trinajstić information content (AvgIpc) is 3.27. The predicted octanol–water partition coefficient (Wildman–Crippen LogP) is 3.38. The summed E-state index contributed by atoms with van der Waals surface area (Å²) >= 11 is 0. The Balaban J connectivity index is 1.63. The third kappa shape index (κ3) is 3.59. The maximum atomic E-state index is 13.2. The van der Waals surface area contributed by atoms with Gasteiger partial charge in [0.05, 0.1) is 31.8 Å². The van der Waals surface area contributed by atoms with Crippen molar-refractivity contribution in [2.45, 2.75) is 12.5 Å². The Morgan fingerprint density at radius 2 is 1.90 bits per heavy atom. The number of nitrogens with zero attached hydrogens (tertiary/aromatic N) is 2. The molecule has 0 aliphatic carbocycles. The molecule has 2 aromatic carbocycles. The number of aromatic amines is 1. The van der Waals surface area contributed by atoms with Crippen molar-refractivity contribution in [3.05, 3.63) is 77.4 Å². The van der Waals surface area contributed by atoms with Crippen LogP contribution >= 0.6 is 0 Å². The van der Waals surface area contributed by atoms with Gasteiger partial charge in [-0.25, -0.2) is 14.6 Å². The molecular formula is C22H22N4O4. The lowest BCUT2D eigenvalue weighted by Gasteiger charge is -2.35. The highest BCUT2D eigenvalue weighted by molar-refractivity contribution is 5.92. The number of hydrogen-bond donors (Lipinski definition) is 2. The Morgan fingerprint density at radius 1 is 1.13 bits per heavy atom. The summed E-state index contributed by atoms with van der Waals surface area (Å²) in [6, 6.07) is 13.6. The molecule has 0 fully saturated rings. The maximum absolute atomic E-state index is 13.2. The van der Waals surface area contributed by atoms with E-state index in [1.54, 1.807) is 42.6 Å². The van der Waals surface area contributed by atoms with E-state index in [2.05, 4.69) is 15.3 Å². The number of aromatic nitrogens is 2. The van der Waals surface area contributed by atoms with E-state index in [4.69, 9.17) is 9.47 Å². The number of hydrogen-bond acceptors (Lipinski definition) is 5. The van der Waals surface area contributed by atoms with Gasteiger partial charge in [0.2, 0.25) is 0 Å². The maximum Gasteiger partial charge on any atom is 0.337 e. The van der Waals surface area contributed by atoms with Gasteiger partial charge in [0.1, 0.15) is 11.8 Å². The second-order valence-corrected chi connectivity index (χ2v) is 6.85. The van der Waals surface area contributed by atoms with Crippen LogP contribution in [0.1, 0.15) is 33.4 Å². The number of imidazole rings is 1. The first-order valence-electron chi connectivity index (χ1n) is 9.53. The SMILES string of the molecule is COC(=O)c1ccc(NC(=O)N2CCc3[nH]cnc3C2c2ccccc2OC)cc1. The summed E-state index contributed by atoms with van der Waals surface area (Å²) in [6.45, 7) is 0.518. The monoisotopic (exact) mass is 406 g/mol. The zero-order valence-corrected chi connectivity index (χ0v) is 16.7. The third-order valence-corrected chi connectivity index (χ3v) is 5.18. The zero-order valence-electron chi connectivity index (χ0n) is 16.7. The van der Waals surface area contributed by atoms with Crippen LogP contribution in [0.25, 0.3) is 0 Å². The molecule has 0 spiro atoms. The summed E-state index contributed by atoms with van der Waals surface area (Å²) in [5.74, 6) is 0.268. The number of anilines is 1. The number of nitrogens with one attached hydrogen (secondary N) is 2. The molecule has 4 rings (SSSR count). The number of para-hydroxylation sites is 1. The fraction of sp³-hybridized carbons (Fsp3) is 0.227. The quantitative estimate of drug-likeness (QED) is 0.648. The van der Waals surface area contributed by atoms with Gasteiger partial charge in [-0.15, -0.1) is 0 Å².